The summed E-state index contributed by atoms with van der Waals surface area (Å²) in [7, 11) is 0. The van der Waals surface area contributed by atoms with Gasteiger partial charge in [0, 0.05) is 45.3 Å². The van der Waals surface area contributed by atoms with Gasteiger partial charge in [-0.05, 0) is 6.42 Å². The SMILES string of the molecule is O=C(C1CNCCO1)N1CCC(N2CCOCC2)C1. The van der Waals surface area contributed by atoms with Gasteiger partial charge in [0.25, 0.3) is 5.91 Å². The van der Waals surface area contributed by atoms with Gasteiger partial charge < -0.3 is 19.7 Å². The average Bonchev–Trinajstić information content (AvgIpc) is 2.98. The van der Waals surface area contributed by atoms with E-state index in [0.717, 1.165) is 52.4 Å². The van der Waals surface area contributed by atoms with E-state index < -0.39 is 0 Å². The van der Waals surface area contributed by atoms with Crippen LogP contribution in [-0.2, 0) is 14.3 Å². The first kappa shape index (κ1) is 13.3. The Morgan fingerprint density at radius 1 is 1.16 bits per heavy atom. The quantitative estimate of drug-likeness (QED) is 0.690. The molecule has 0 spiro atoms. The fraction of sp³-hybridized carbons (Fsp3) is 0.923. The first-order valence-electron chi connectivity index (χ1n) is 7.27. The summed E-state index contributed by atoms with van der Waals surface area (Å²) in [6.07, 6.45) is 0.795. The molecule has 0 aromatic heterocycles. The summed E-state index contributed by atoms with van der Waals surface area (Å²) >= 11 is 0. The van der Waals surface area contributed by atoms with Crippen molar-refractivity contribution >= 4 is 5.91 Å². The molecule has 3 rings (SSSR count). The van der Waals surface area contributed by atoms with E-state index in [9.17, 15) is 4.79 Å². The predicted octanol–water partition coefficient (Wildman–Crippen LogP) is -1.09. The van der Waals surface area contributed by atoms with E-state index in [-0.39, 0.29) is 12.0 Å². The second kappa shape index (κ2) is 6.17. The Bertz CT molecular complexity index is 314. The summed E-state index contributed by atoms with van der Waals surface area (Å²) in [6, 6.07) is 0.504. The summed E-state index contributed by atoms with van der Waals surface area (Å²) in [4.78, 5) is 16.8. The minimum atomic E-state index is -0.280. The van der Waals surface area contributed by atoms with Gasteiger partial charge in [0.15, 0.2) is 0 Å². The third-order valence-electron chi connectivity index (χ3n) is 4.24. The highest BCUT2D eigenvalue weighted by Gasteiger charge is 2.34. The lowest BCUT2D eigenvalue weighted by Gasteiger charge is -2.32. The second-order valence-electron chi connectivity index (χ2n) is 5.44. The number of hydrogen-bond donors (Lipinski definition) is 1. The zero-order valence-corrected chi connectivity index (χ0v) is 11.3. The standard InChI is InChI=1S/C13H23N3O3/c17-13(12-9-14-2-6-19-12)16-3-1-11(10-16)15-4-7-18-8-5-15/h11-12,14H,1-10H2. The third-order valence-corrected chi connectivity index (χ3v) is 4.24. The maximum Gasteiger partial charge on any atom is 0.253 e. The maximum atomic E-state index is 12.3. The van der Waals surface area contributed by atoms with Crippen LogP contribution in [0.15, 0.2) is 0 Å². The van der Waals surface area contributed by atoms with E-state index in [1.54, 1.807) is 0 Å². The Kier molecular flexibility index (Phi) is 4.32. The lowest BCUT2D eigenvalue weighted by atomic mass is 10.2. The van der Waals surface area contributed by atoms with Crippen molar-refractivity contribution in [2.75, 3.05) is 59.1 Å². The van der Waals surface area contributed by atoms with E-state index in [2.05, 4.69) is 10.2 Å². The molecule has 108 valence electrons. The summed E-state index contributed by atoms with van der Waals surface area (Å²) in [6.45, 7) is 7.47. The zero-order chi connectivity index (χ0) is 13.1. The van der Waals surface area contributed by atoms with Gasteiger partial charge in [-0.1, -0.05) is 0 Å². The van der Waals surface area contributed by atoms with E-state index in [1.807, 2.05) is 4.90 Å². The third kappa shape index (κ3) is 3.08. The van der Waals surface area contributed by atoms with Gasteiger partial charge in [0.1, 0.15) is 6.10 Å². The molecular weight excluding hydrogens is 246 g/mol. The number of morpholine rings is 2. The lowest BCUT2D eigenvalue weighted by Crippen LogP contribution is -2.50. The van der Waals surface area contributed by atoms with Crippen LogP contribution in [0.2, 0.25) is 0 Å². The van der Waals surface area contributed by atoms with Crippen molar-refractivity contribution < 1.29 is 14.3 Å². The number of carbonyl (C=O) groups excluding carboxylic acids is 1. The van der Waals surface area contributed by atoms with Gasteiger partial charge in [-0.15, -0.1) is 0 Å². The smallest absolute Gasteiger partial charge is 0.253 e. The molecule has 0 aliphatic carbocycles. The summed E-state index contributed by atoms with van der Waals surface area (Å²) in [5.41, 5.74) is 0. The first-order valence-corrected chi connectivity index (χ1v) is 7.27. The van der Waals surface area contributed by atoms with Crippen LogP contribution in [0, 0.1) is 0 Å². The molecule has 0 radical (unpaired) electrons. The molecule has 2 atom stereocenters. The van der Waals surface area contributed by atoms with Gasteiger partial charge in [-0.25, -0.2) is 0 Å². The Morgan fingerprint density at radius 2 is 2.00 bits per heavy atom. The number of likely N-dealkylation sites (tertiary alicyclic amines) is 1. The van der Waals surface area contributed by atoms with Crippen LogP contribution < -0.4 is 5.32 Å². The molecule has 6 nitrogen and oxygen atoms in total. The number of hydrogen-bond acceptors (Lipinski definition) is 5. The maximum absolute atomic E-state index is 12.3. The molecule has 3 saturated heterocycles. The van der Waals surface area contributed by atoms with Crippen molar-refractivity contribution in [3.8, 4) is 0 Å². The molecule has 0 bridgehead atoms. The monoisotopic (exact) mass is 269 g/mol. The number of nitrogens with zero attached hydrogens (tertiary/aromatic N) is 2. The number of amides is 1. The van der Waals surface area contributed by atoms with Crippen molar-refractivity contribution in [2.45, 2.75) is 18.6 Å². The highest BCUT2D eigenvalue weighted by Crippen LogP contribution is 2.18. The average molecular weight is 269 g/mol. The Labute approximate surface area is 114 Å². The fourth-order valence-electron chi connectivity index (χ4n) is 3.11. The number of ether oxygens (including phenoxy) is 2. The van der Waals surface area contributed by atoms with Crippen LogP contribution in [0.5, 0.6) is 0 Å². The fourth-order valence-corrected chi connectivity index (χ4v) is 3.11. The largest absolute Gasteiger partial charge is 0.379 e. The number of nitrogens with one attached hydrogen (secondary N) is 1. The van der Waals surface area contributed by atoms with Crippen molar-refractivity contribution in [3.05, 3.63) is 0 Å². The van der Waals surface area contributed by atoms with Gasteiger partial charge in [0.2, 0.25) is 0 Å². The molecule has 0 aromatic carbocycles. The Balaban J connectivity index is 1.51. The topological polar surface area (TPSA) is 54.0 Å². The molecule has 3 heterocycles. The van der Waals surface area contributed by atoms with E-state index in [1.165, 1.54) is 0 Å². The highest BCUT2D eigenvalue weighted by atomic mass is 16.5. The molecule has 2 unspecified atom stereocenters. The summed E-state index contributed by atoms with van der Waals surface area (Å²) in [5, 5.41) is 3.21. The van der Waals surface area contributed by atoms with Crippen molar-refractivity contribution in [2.24, 2.45) is 0 Å². The Hall–Kier alpha value is -0.690. The molecule has 19 heavy (non-hydrogen) atoms. The van der Waals surface area contributed by atoms with Gasteiger partial charge in [0.05, 0.1) is 19.8 Å². The lowest BCUT2D eigenvalue weighted by molar-refractivity contribution is -0.144. The first-order chi connectivity index (χ1) is 9.34. The highest BCUT2D eigenvalue weighted by molar-refractivity contribution is 5.81. The van der Waals surface area contributed by atoms with Crippen molar-refractivity contribution in [1.82, 2.24) is 15.1 Å². The van der Waals surface area contributed by atoms with Crippen LogP contribution in [0.1, 0.15) is 6.42 Å². The molecule has 6 heteroatoms. The number of carbonyl (C=O) groups is 1. The van der Waals surface area contributed by atoms with Crippen LogP contribution in [0.3, 0.4) is 0 Å². The van der Waals surface area contributed by atoms with Gasteiger partial charge in [-0.2, -0.15) is 0 Å². The van der Waals surface area contributed by atoms with Gasteiger partial charge >= 0.3 is 0 Å². The normalized spacial score (nSPS) is 33.6. The van der Waals surface area contributed by atoms with Crippen LogP contribution in [0.4, 0.5) is 0 Å². The molecular formula is C13H23N3O3. The van der Waals surface area contributed by atoms with E-state index >= 15 is 0 Å². The molecule has 3 aliphatic heterocycles. The van der Waals surface area contributed by atoms with Crippen LogP contribution >= 0.6 is 0 Å². The van der Waals surface area contributed by atoms with Crippen LogP contribution in [-0.4, -0.2) is 86.9 Å². The summed E-state index contributed by atoms with van der Waals surface area (Å²) in [5.74, 6) is 0.156. The van der Waals surface area contributed by atoms with E-state index in [4.69, 9.17) is 9.47 Å². The van der Waals surface area contributed by atoms with Crippen molar-refractivity contribution in [1.29, 1.82) is 0 Å². The number of rotatable bonds is 2. The molecule has 3 fully saturated rings. The molecule has 1 amide bonds. The molecule has 3 aliphatic rings. The second-order valence-corrected chi connectivity index (χ2v) is 5.44. The Morgan fingerprint density at radius 3 is 2.74 bits per heavy atom. The molecule has 1 N–H and O–H groups in total. The summed E-state index contributed by atoms with van der Waals surface area (Å²) < 4.78 is 10.9. The minimum Gasteiger partial charge on any atom is -0.379 e. The van der Waals surface area contributed by atoms with Gasteiger partial charge in [-0.3, -0.25) is 9.69 Å². The minimum absolute atomic E-state index is 0.156. The molecule has 0 saturated carbocycles. The van der Waals surface area contributed by atoms with E-state index in [0.29, 0.717) is 19.2 Å². The molecule has 0 aromatic rings. The zero-order valence-electron chi connectivity index (χ0n) is 11.3. The van der Waals surface area contributed by atoms with Crippen molar-refractivity contribution in [3.63, 3.8) is 0 Å². The predicted molar refractivity (Wildman–Crippen MR) is 70.0 cm³/mol. The van der Waals surface area contributed by atoms with Crippen LogP contribution in [0.25, 0.3) is 0 Å².